The van der Waals surface area contributed by atoms with Crippen molar-refractivity contribution >= 4 is 5.91 Å². The zero-order valence-electron chi connectivity index (χ0n) is 11.6. The van der Waals surface area contributed by atoms with Gasteiger partial charge in [0.25, 0.3) is 0 Å². The molecule has 3 heteroatoms. The third-order valence-electron chi connectivity index (χ3n) is 4.39. The van der Waals surface area contributed by atoms with E-state index in [0.717, 1.165) is 18.5 Å². The van der Waals surface area contributed by atoms with Gasteiger partial charge in [0, 0.05) is 6.54 Å². The van der Waals surface area contributed by atoms with Gasteiger partial charge in [0.15, 0.2) is 0 Å². The summed E-state index contributed by atoms with van der Waals surface area (Å²) < 4.78 is 0. The number of carbonyl (C=O) groups excluding carboxylic acids is 1. The quantitative estimate of drug-likeness (QED) is 0.827. The topological polar surface area (TPSA) is 49.3 Å². The number of hydrogen-bond acceptors (Lipinski definition) is 2. The van der Waals surface area contributed by atoms with Crippen LogP contribution < -0.4 is 5.32 Å². The van der Waals surface area contributed by atoms with Gasteiger partial charge in [0.2, 0.25) is 5.91 Å². The standard InChI is InChI=1S/C16H23NO2/c1-2-16(9-6-10-16)12-17-15(19)11-14(18)13-7-4-3-5-8-13/h3-5,7-8,14,18H,2,6,9-12H2,1H3,(H,17,19). The number of benzene rings is 1. The fraction of sp³-hybridized carbons (Fsp3) is 0.562. The first-order chi connectivity index (χ1) is 9.15. The van der Waals surface area contributed by atoms with Gasteiger partial charge < -0.3 is 10.4 Å². The monoisotopic (exact) mass is 261 g/mol. The summed E-state index contributed by atoms with van der Waals surface area (Å²) in [6, 6.07) is 9.33. The van der Waals surface area contributed by atoms with Crippen molar-refractivity contribution in [1.29, 1.82) is 0 Å². The van der Waals surface area contributed by atoms with Crippen LogP contribution in [0.5, 0.6) is 0 Å². The van der Waals surface area contributed by atoms with Gasteiger partial charge in [-0.1, -0.05) is 43.7 Å². The van der Waals surface area contributed by atoms with E-state index in [9.17, 15) is 9.90 Å². The van der Waals surface area contributed by atoms with E-state index in [-0.39, 0.29) is 12.3 Å². The molecule has 1 saturated carbocycles. The smallest absolute Gasteiger partial charge is 0.222 e. The summed E-state index contributed by atoms with van der Waals surface area (Å²) in [5.41, 5.74) is 1.12. The average Bonchev–Trinajstić information content (AvgIpc) is 2.39. The van der Waals surface area contributed by atoms with E-state index in [4.69, 9.17) is 0 Å². The second kappa shape index (κ2) is 6.20. The molecule has 0 aromatic heterocycles. The number of hydrogen-bond donors (Lipinski definition) is 2. The maximum Gasteiger partial charge on any atom is 0.222 e. The van der Waals surface area contributed by atoms with E-state index in [1.807, 2.05) is 30.3 Å². The van der Waals surface area contributed by atoms with E-state index >= 15 is 0 Å². The Hall–Kier alpha value is -1.35. The van der Waals surface area contributed by atoms with Crippen LogP contribution in [-0.4, -0.2) is 17.6 Å². The lowest BCUT2D eigenvalue weighted by Crippen LogP contribution is -2.41. The van der Waals surface area contributed by atoms with Crippen LogP contribution in [0.3, 0.4) is 0 Å². The minimum absolute atomic E-state index is 0.0592. The molecule has 1 unspecified atom stereocenters. The molecule has 1 amide bonds. The molecule has 104 valence electrons. The minimum Gasteiger partial charge on any atom is -0.388 e. The Balaban J connectivity index is 1.78. The highest BCUT2D eigenvalue weighted by Gasteiger charge is 2.35. The summed E-state index contributed by atoms with van der Waals surface area (Å²) >= 11 is 0. The Morgan fingerprint density at radius 2 is 2.05 bits per heavy atom. The molecular weight excluding hydrogens is 238 g/mol. The predicted molar refractivity (Wildman–Crippen MR) is 75.6 cm³/mol. The highest BCUT2D eigenvalue weighted by Crippen LogP contribution is 2.43. The molecule has 0 bridgehead atoms. The molecule has 2 N–H and O–H groups in total. The van der Waals surface area contributed by atoms with Crippen LogP contribution in [0.25, 0.3) is 0 Å². The SMILES string of the molecule is CCC1(CNC(=O)CC(O)c2ccccc2)CCC1. The third-order valence-corrected chi connectivity index (χ3v) is 4.39. The zero-order chi connectivity index (χ0) is 13.7. The average molecular weight is 261 g/mol. The molecule has 0 heterocycles. The fourth-order valence-corrected chi connectivity index (χ4v) is 2.66. The molecule has 0 saturated heterocycles. The van der Waals surface area contributed by atoms with Crippen molar-refractivity contribution in [3.05, 3.63) is 35.9 Å². The summed E-state index contributed by atoms with van der Waals surface area (Å²) in [6.07, 6.45) is 4.25. The van der Waals surface area contributed by atoms with Gasteiger partial charge in [-0.15, -0.1) is 0 Å². The minimum atomic E-state index is -0.708. The number of nitrogens with one attached hydrogen (secondary N) is 1. The van der Waals surface area contributed by atoms with Crippen molar-refractivity contribution in [1.82, 2.24) is 5.32 Å². The largest absolute Gasteiger partial charge is 0.388 e. The maximum absolute atomic E-state index is 11.9. The van der Waals surface area contributed by atoms with Gasteiger partial charge in [-0.25, -0.2) is 0 Å². The number of rotatable bonds is 6. The second-order valence-corrected chi connectivity index (χ2v) is 5.61. The van der Waals surface area contributed by atoms with Crippen molar-refractivity contribution in [2.75, 3.05) is 6.54 Å². The van der Waals surface area contributed by atoms with Crippen LogP contribution >= 0.6 is 0 Å². The van der Waals surface area contributed by atoms with Gasteiger partial charge in [0.05, 0.1) is 12.5 Å². The molecule has 1 atom stereocenters. The molecule has 1 aliphatic rings. The molecule has 0 spiro atoms. The Morgan fingerprint density at radius 3 is 2.58 bits per heavy atom. The van der Waals surface area contributed by atoms with Crippen LogP contribution in [0.4, 0.5) is 0 Å². The summed E-state index contributed by atoms with van der Waals surface area (Å²) in [4.78, 5) is 11.9. The molecule has 0 aliphatic heterocycles. The summed E-state index contributed by atoms with van der Waals surface area (Å²) in [5.74, 6) is -0.0592. The van der Waals surface area contributed by atoms with Gasteiger partial charge in [-0.2, -0.15) is 0 Å². The van der Waals surface area contributed by atoms with E-state index in [1.54, 1.807) is 0 Å². The van der Waals surface area contributed by atoms with Crippen LogP contribution in [0.1, 0.15) is 50.7 Å². The molecular formula is C16H23NO2. The molecule has 2 rings (SSSR count). The second-order valence-electron chi connectivity index (χ2n) is 5.61. The lowest BCUT2D eigenvalue weighted by atomic mass is 9.67. The first-order valence-electron chi connectivity index (χ1n) is 7.15. The van der Waals surface area contributed by atoms with E-state index in [0.29, 0.717) is 5.41 Å². The first-order valence-corrected chi connectivity index (χ1v) is 7.15. The third kappa shape index (κ3) is 3.57. The molecule has 1 aromatic rings. The Morgan fingerprint density at radius 1 is 1.37 bits per heavy atom. The van der Waals surface area contributed by atoms with Gasteiger partial charge in [-0.05, 0) is 30.2 Å². The maximum atomic E-state index is 11.9. The molecule has 1 aromatic carbocycles. The van der Waals surface area contributed by atoms with Crippen LogP contribution in [0, 0.1) is 5.41 Å². The normalized spacial score (nSPS) is 18.4. The number of aliphatic hydroxyl groups is 1. The van der Waals surface area contributed by atoms with Crippen molar-refractivity contribution in [2.24, 2.45) is 5.41 Å². The Labute approximate surface area is 115 Å². The first kappa shape index (κ1) is 14.1. The van der Waals surface area contributed by atoms with Gasteiger partial charge in [0.1, 0.15) is 0 Å². The molecule has 1 aliphatic carbocycles. The van der Waals surface area contributed by atoms with Crippen molar-refractivity contribution < 1.29 is 9.90 Å². The fourth-order valence-electron chi connectivity index (χ4n) is 2.66. The van der Waals surface area contributed by atoms with Crippen LogP contribution in [0.2, 0.25) is 0 Å². The Bertz CT molecular complexity index is 407. The highest BCUT2D eigenvalue weighted by molar-refractivity contribution is 5.76. The summed E-state index contributed by atoms with van der Waals surface area (Å²) in [5, 5.41) is 13.0. The van der Waals surface area contributed by atoms with Crippen molar-refractivity contribution in [3.63, 3.8) is 0 Å². The Kier molecular flexibility index (Phi) is 4.59. The predicted octanol–water partition coefficient (Wildman–Crippen LogP) is 2.81. The molecule has 19 heavy (non-hydrogen) atoms. The number of carbonyl (C=O) groups is 1. The zero-order valence-corrected chi connectivity index (χ0v) is 11.6. The summed E-state index contributed by atoms with van der Waals surface area (Å²) in [7, 11) is 0. The number of amides is 1. The molecule has 1 fully saturated rings. The van der Waals surface area contributed by atoms with Crippen molar-refractivity contribution in [3.8, 4) is 0 Å². The van der Waals surface area contributed by atoms with E-state index in [2.05, 4.69) is 12.2 Å². The molecule has 0 radical (unpaired) electrons. The van der Waals surface area contributed by atoms with Crippen LogP contribution in [-0.2, 0) is 4.79 Å². The lowest BCUT2D eigenvalue weighted by Gasteiger charge is -2.41. The lowest BCUT2D eigenvalue weighted by molar-refractivity contribution is -0.124. The summed E-state index contributed by atoms with van der Waals surface area (Å²) in [6.45, 7) is 2.94. The number of aliphatic hydroxyl groups excluding tert-OH is 1. The highest BCUT2D eigenvalue weighted by atomic mass is 16.3. The van der Waals surface area contributed by atoms with Crippen LogP contribution in [0.15, 0.2) is 30.3 Å². The van der Waals surface area contributed by atoms with E-state index < -0.39 is 6.10 Å². The van der Waals surface area contributed by atoms with Gasteiger partial charge >= 0.3 is 0 Å². The van der Waals surface area contributed by atoms with Crippen molar-refractivity contribution in [2.45, 2.75) is 45.1 Å². The van der Waals surface area contributed by atoms with E-state index in [1.165, 1.54) is 19.3 Å². The van der Waals surface area contributed by atoms with Gasteiger partial charge in [-0.3, -0.25) is 4.79 Å². The molecule has 3 nitrogen and oxygen atoms in total.